The average molecular weight is 324 g/mol. The molecular formula is C15H20N2O6. The summed E-state index contributed by atoms with van der Waals surface area (Å²) in [5.74, 6) is -2.11. The van der Waals surface area contributed by atoms with Gasteiger partial charge in [0.1, 0.15) is 0 Å². The molecule has 0 saturated carbocycles. The number of hydrogen-bond donors (Lipinski definition) is 4. The van der Waals surface area contributed by atoms with Gasteiger partial charge in [-0.15, -0.1) is 0 Å². The van der Waals surface area contributed by atoms with Gasteiger partial charge in [0.25, 0.3) is 5.91 Å². The lowest BCUT2D eigenvalue weighted by atomic mass is 10.0. The number of amides is 2. The molecule has 2 amide bonds. The molecule has 8 heteroatoms. The van der Waals surface area contributed by atoms with E-state index < -0.39 is 23.3 Å². The predicted molar refractivity (Wildman–Crippen MR) is 80.5 cm³/mol. The Balaban J connectivity index is 1.95. The molecule has 1 aliphatic rings. The highest BCUT2D eigenvalue weighted by atomic mass is 16.5. The van der Waals surface area contributed by atoms with E-state index in [2.05, 4.69) is 5.32 Å². The molecule has 126 valence electrons. The van der Waals surface area contributed by atoms with Gasteiger partial charge in [0, 0.05) is 24.7 Å². The molecule has 1 aromatic rings. The number of carbonyl (C=O) groups excluding carboxylic acids is 2. The van der Waals surface area contributed by atoms with Crippen LogP contribution >= 0.6 is 0 Å². The summed E-state index contributed by atoms with van der Waals surface area (Å²) >= 11 is 0. The molecule has 0 atom stereocenters. The third-order valence-corrected chi connectivity index (χ3v) is 3.70. The van der Waals surface area contributed by atoms with Gasteiger partial charge in [-0.05, 0) is 31.9 Å². The number of hydrogen-bond acceptors (Lipinski definition) is 6. The first-order valence-electron chi connectivity index (χ1n) is 7.39. The molecular weight excluding hydrogens is 304 g/mol. The fourth-order valence-corrected chi connectivity index (χ4v) is 2.48. The van der Waals surface area contributed by atoms with Crippen LogP contribution in [-0.2, 0) is 4.74 Å². The number of rotatable bonds is 3. The number of ether oxygens (including phenoxy) is 1. The van der Waals surface area contributed by atoms with Gasteiger partial charge in [-0.1, -0.05) is 0 Å². The largest absolute Gasteiger partial charge is 0.504 e. The van der Waals surface area contributed by atoms with Crippen molar-refractivity contribution in [3.8, 4) is 17.2 Å². The molecule has 1 aromatic carbocycles. The minimum Gasteiger partial charge on any atom is -0.504 e. The van der Waals surface area contributed by atoms with Gasteiger partial charge in [-0.3, -0.25) is 4.79 Å². The number of carbonyl (C=O) groups is 2. The second-order valence-corrected chi connectivity index (χ2v) is 5.29. The molecule has 8 nitrogen and oxygen atoms in total. The van der Waals surface area contributed by atoms with Gasteiger partial charge in [-0.2, -0.15) is 0 Å². The predicted octanol–water partition coefficient (Wildman–Crippen LogP) is 1.15. The summed E-state index contributed by atoms with van der Waals surface area (Å²) in [7, 11) is 0. The summed E-state index contributed by atoms with van der Waals surface area (Å²) in [6.07, 6.45) is 0.701. The molecule has 4 N–H and O–H groups in total. The lowest BCUT2D eigenvalue weighted by Gasteiger charge is -2.32. The van der Waals surface area contributed by atoms with Gasteiger partial charge in [0.15, 0.2) is 17.2 Å². The highest BCUT2D eigenvalue weighted by molar-refractivity contribution is 5.95. The first-order valence-corrected chi connectivity index (χ1v) is 7.39. The summed E-state index contributed by atoms with van der Waals surface area (Å²) in [6, 6.07) is 2.17. The normalized spacial score (nSPS) is 15.3. The molecule has 0 unspecified atom stereocenters. The molecule has 1 fully saturated rings. The summed E-state index contributed by atoms with van der Waals surface area (Å²) in [4.78, 5) is 25.3. The van der Waals surface area contributed by atoms with E-state index in [0.717, 1.165) is 12.1 Å². The maximum Gasteiger partial charge on any atom is 0.407 e. The quantitative estimate of drug-likeness (QED) is 0.619. The first kappa shape index (κ1) is 16.7. The summed E-state index contributed by atoms with van der Waals surface area (Å²) in [5, 5.41) is 31.0. The van der Waals surface area contributed by atoms with E-state index in [0.29, 0.717) is 32.5 Å². The lowest BCUT2D eigenvalue weighted by molar-refractivity contribution is 0.0701. The van der Waals surface area contributed by atoms with Crippen LogP contribution in [-0.4, -0.2) is 58.0 Å². The zero-order chi connectivity index (χ0) is 17.0. The SMILES string of the molecule is CCOC(=O)NC1CCN(C(=O)c2cc(O)c(O)c(O)c2)CC1. The van der Waals surface area contributed by atoms with Crippen molar-refractivity contribution >= 4 is 12.0 Å². The molecule has 0 aliphatic carbocycles. The van der Waals surface area contributed by atoms with E-state index in [1.165, 1.54) is 0 Å². The van der Waals surface area contributed by atoms with Crippen LogP contribution in [0.15, 0.2) is 12.1 Å². The summed E-state index contributed by atoms with van der Waals surface area (Å²) in [6.45, 7) is 2.89. The van der Waals surface area contributed by atoms with Crippen molar-refractivity contribution in [2.75, 3.05) is 19.7 Å². The van der Waals surface area contributed by atoms with Crippen molar-refractivity contribution in [1.29, 1.82) is 0 Å². The van der Waals surface area contributed by atoms with Crippen molar-refractivity contribution in [3.05, 3.63) is 17.7 Å². The van der Waals surface area contributed by atoms with Crippen LogP contribution < -0.4 is 5.32 Å². The van der Waals surface area contributed by atoms with Gasteiger partial charge >= 0.3 is 6.09 Å². The highest BCUT2D eigenvalue weighted by Crippen LogP contribution is 2.35. The van der Waals surface area contributed by atoms with Crippen molar-refractivity contribution < 1.29 is 29.6 Å². The molecule has 0 aromatic heterocycles. The number of alkyl carbamates (subject to hydrolysis) is 1. The Bertz CT molecular complexity index is 573. The van der Waals surface area contributed by atoms with Gasteiger partial charge < -0.3 is 30.3 Å². The number of phenols is 3. The smallest absolute Gasteiger partial charge is 0.407 e. The Labute approximate surface area is 133 Å². The molecule has 0 bridgehead atoms. The zero-order valence-electron chi connectivity index (χ0n) is 12.8. The average Bonchev–Trinajstić information content (AvgIpc) is 2.52. The van der Waals surface area contributed by atoms with Crippen LogP contribution in [0.3, 0.4) is 0 Å². The number of likely N-dealkylation sites (tertiary alicyclic amines) is 1. The number of nitrogens with zero attached hydrogens (tertiary/aromatic N) is 1. The number of nitrogens with one attached hydrogen (secondary N) is 1. The number of piperidine rings is 1. The zero-order valence-corrected chi connectivity index (χ0v) is 12.8. The topological polar surface area (TPSA) is 119 Å². The number of phenolic OH excluding ortho intramolecular Hbond substituents is 3. The molecule has 1 aliphatic heterocycles. The Kier molecular flexibility index (Phi) is 5.15. The number of aromatic hydroxyl groups is 3. The van der Waals surface area contributed by atoms with Gasteiger partial charge in [0.2, 0.25) is 0 Å². The minimum atomic E-state index is -0.654. The monoisotopic (exact) mass is 324 g/mol. The highest BCUT2D eigenvalue weighted by Gasteiger charge is 2.26. The standard InChI is InChI=1S/C15H20N2O6/c1-2-23-15(22)16-10-3-5-17(6-4-10)14(21)9-7-11(18)13(20)12(19)8-9/h7-8,10,18-20H,2-6H2,1H3,(H,16,22). The molecule has 1 saturated heterocycles. The van der Waals surface area contributed by atoms with Gasteiger partial charge in [-0.25, -0.2) is 4.79 Å². The van der Waals surface area contributed by atoms with E-state index in [1.54, 1.807) is 11.8 Å². The lowest BCUT2D eigenvalue weighted by Crippen LogP contribution is -2.46. The van der Waals surface area contributed by atoms with Crippen molar-refractivity contribution in [2.45, 2.75) is 25.8 Å². The molecule has 2 rings (SSSR count). The Morgan fingerprint density at radius 3 is 2.30 bits per heavy atom. The minimum absolute atomic E-state index is 0.0558. The Morgan fingerprint density at radius 2 is 1.78 bits per heavy atom. The van der Waals surface area contributed by atoms with Crippen LogP contribution in [0.1, 0.15) is 30.1 Å². The van der Waals surface area contributed by atoms with Crippen LogP contribution in [0.5, 0.6) is 17.2 Å². The molecule has 1 heterocycles. The van der Waals surface area contributed by atoms with Crippen LogP contribution in [0.25, 0.3) is 0 Å². The van der Waals surface area contributed by atoms with E-state index in [9.17, 15) is 24.9 Å². The third-order valence-electron chi connectivity index (χ3n) is 3.70. The molecule has 0 radical (unpaired) electrons. The first-order chi connectivity index (χ1) is 10.9. The maximum absolute atomic E-state index is 12.4. The second-order valence-electron chi connectivity index (χ2n) is 5.29. The fourth-order valence-electron chi connectivity index (χ4n) is 2.48. The van der Waals surface area contributed by atoms with E-state index >= 15 is 0 Å². The third kappa shape index (κ3) is 3.97. The van der Waals surface area contributed by atoms with Crippen LogP contribution in [0.4, 0.5) is 4.79 Å². The Hall–Kier alpha value is -2.64. The van der Waals surface area contributed by atoms with E-state index in [-0.39, 0.29) is 17.5 Å². The summed E-state index contributed by atoms with van der Waals surface area (Å²) in [5.41, 5.74) is 0.0922. The number of benzene rings is 1. The summed E-state index contributed by atoms with van der Waals surface area (Å²) < 4.78 is 4.82. The van der Waals surface area contributed by atoms with Crippen LogP contribution in [0, 0.1) is 0 Å². The second kappa shape index (κ2) is 7.08. The molecule has 0 spiro atoms. The van der Waals surface area contributed by atoms with Crippen LogP contribution in [0.2, 0.25) is 0 Å². The molecule has 23 heavy (non-hydrogen) atoms. The van der Waals surface area contributed by atoms with Crippen molar-refractivity contribution in [3.63, 3.8) is 0 Å². The van der Waals surface area contributed by atoms with E-state index in [1.807, 2.05) is 0 Å². The van der Waals surface area contributed by atoms with Crippen molar-refractivity contribution in [2.24, 2.45) is 0 Å². The maximum atomic E-state index is 12.4. The Morgan fingerprint density at radius 1 is 1.22 bits per heavy atom. The van der Waals surface area contributed by atoms with Crippen molar-refractivity contribution in [1.82, 2.24) is 10.2 Å². The van der Waals surface area contributed by atoms with Gasteiger partial charge in [0.05, 0.1) is 6.61 Å². The van der Waals surface area contributed by atoms with E-state index in [4.69, 9.17) is 4.74 Å². The fraction of sp³-hybridized carbons (Fsp3) is 0.467.